The van der Waals surface area contributed by atoms with Gasteiger partial charge in [-0.05, 0) is 38.8 Å². The molecular weight excluding hydrogens is 188 g/mol. The smallest absolute Gasteiger partial charge is 0.240 e. The maximum Gasteiger partial charge on any atom is 0.240 e. The van der Waals surface area contributed by atoms with Gasteiger partial charge in [-0.3, -0.25) is 9.69 Å². The number of hydrogen-bond acceptors (Lipinski definition) is 2. The molecule has 1 aliphatic rings. The molecule has 1 saturated heterocycles. The maximum atomic E-state index is 12.1. The van der Waals surface area contributed by atoms with Gasteiger partial charge in [-0.25, -0.2) is 0 Å². The standard InChI is InChI=1S/C12H24N2O/c1-5-14-8-6-7-12(14,4)11(15)13-9-10(2)3/h10H,5-9H2,1-4H3,(H,13,15)/t12-/m0/s1. The highest BCUT2D eigenvalue weighted by molar-refractivity contribution is 5.86. The van der Waals surface area contributed by atoms with Gasteiger partial charge in [-0.1, -0.05) is 20.8 Å². The third kappa shape index (κ3) is 2.71. The second kappa shape index (κ2) is 4.97. The van der Waals surface area contributed by atoms with E-state index in [0.29, 0.717) is 5.92 Å². The molecule has 88 valence electrons. The number of nitrogens with zero attached hydrogens (tertiary/aromatic N) is 1. The van der Waals surface area contributed by atoms with Crippen LogP contribution in [0.2, 0.25) is 0 Å². The van der Waals surface area contributed by atoms with Crippen LogP contribution >= 0.6 is 0 Å². The Balaban J connectivity index is 2.56. The number of likely N-dealkylation sites (tertiary alicyclic amines) is 1. The van der Waals surface area contributed by atoms with Crippen LogP contribution in [0.5, 0.6) is 0 Å². The summed E-state index contributed by atoms with van der Waals surface area (Å²) in [6.45, 7) is 11.2. The molecule has 1 rings (SSSR count). The van der Waals surface area contributed by atoms with Gasteiger partial charge in [0.15, 0.2) is 0 Å². The molecule has 0 unspecified atom stereocenters. The van der Waals surface area contributed by atoms with E-state index in [1.807, 2.05) is 0 Å². The molecule has 1 N–H and O–H groups in total. The van der Waals surface area contributed by atoms with E-state index >= 15 is 0 Å². The molecule has 1 amide bonds. The fourth-order valence-electron chi connectivity index (χ4n) is 2.27. The van der Waals surface area contributed by atoms with Crippen LogP contribution in [-0.2, 0) is 4.79 Å². The first-order valence-electron chi connectivity index (χ1n) is 6.04. The molecule has 0 aromatic heterocycles. The first kappa shape index (κ1) is 12.5. The lowest BCUT2D eigenvalue weighted by Gasteiger charge is -2.33. The first-order chi connectivity index (χ1) is 7.00. The van der Waals surface area contributed by atoms with Crippen LogP contribution < -0.4 is 5.32 Å². The molecule has 0 saturated carbocycles. The Morgan fingerprint density at radius 3 is 2.73 bits per heavy atom. The molecule has 1 aliphatic heterocycles. The third-order valence-corrected chi connectivity index (χ3v) is 3.33. The Kier molecular flexibility index (Phi) is 4.14. The molecule has 0 aromatic rings. The number of nitrogens with one attached hydrogen (secondary N) is 1. The molecule has 3 heteroatoms. The number of likely N-dealkylation sites (N-methyl/N-ethyl adjacent to an activating group) is 1. The quantitative estimate of drug-likeness (QED) is 0.768. The molecule has 15 heavy (non-hydrogen) atoms. The summed E-state index contributed by atoms with van der Waals surface area (Å²) in [5.74, 6) is 0.726. The second-order valence-corrected chi connectivity index (χ2v) is 5.06. The Bertz CT molecular complexity index is 228. The van der Waals surface area contributed by atoms with E-state index in [-0.39, 0.29) is 11.4 Å². The third-order valence-electron chi connectivity index (χ3n) is 3.33. The van der Waals surface area contributed by atoms with E-state index < -0.39 is 0 Å². The number of rotatable bonds is 4. The largest absolute Gasteiger partial charge is 0.354 e. The lowest BCUT2D eigenvalue weighted by molar-refractivity contribution is -0.131. The molecule has 1 heterocycles. The lowest BCUT2D eigenvalue weighted by Crippen LogP contribution is -2.53. The van der Waals surface area contributed by atoms with Crippen molar-refractivity contribution in [3.05, 3.63) is 0 Å². The SMILES string of the molecule is CCN1CCC[C@@]1(C)C(=O)NCC(C)C. The first-order valence-corrected chi connectivity index (χ1v) is 6.04. The van der Waals surface area contributed by atoms with Crippen molar-refractivity contribution in [2.45, 2.75) is 46.1 Å². The summed E-state index contributed by atoms with van der Waals surface area (Å²) >= 11 is 0. The van der Waals surface area contributed by atoms with Crippen LogP contribution in [0.15, 0.2) is 0 Å². The predicted molar refractivity (Wildman–Crippen MR) is 62.7 cm³/mol. The highest BCUT2D eigenvalue weighted by atomic mass is 16.2. The van der Waals surface area contributed by atoms with Crippen LogP contribution in [0.4, 0.5) is 0 Å². The molecule has 0 bridgehead atoms. The van der Waals surface area contributed by atoms with Gasteiger partial charge in [0, 0.05) is 6.54 Å². The zero-order chi connectivity index (χ0) is 11.5. The van der Waals surface area contributed by atoms with Crippen molar-refractivity contribution < 1.29 is 4.79 Å². The summed E-state index contributed by atoms with van der Waals surface area (Å²) < 4.78 is 0. The van der Waals surface area contributed by atoms with E-state index in [0.717, 1.165) is 32.5 Å². The van der Waals surface area contributed by atoms with Crippen LogP contribution in [0.3, 0.4) is 0 Å². The van der Waals surface area contributed by atoms with Crippen LogP contribution in [0.25, 0.3) is 0 Å². The van der Waals surface area contributed by atoms with Crippen LogP contribution in [0, 0.1) is 5.92 Å². The van der Waals surface area contributed by atoms with Crippen molar-refractivity contribution in [3.63, 3.8) is 0 Å². The fraction of sp³-hybridized carbons (Fsp3) is 0.917. The number of carbonyl (C=O) groups is 1. The van der Waals surface area contributed by atoms with Crippen molar-refractivity contribution in [2.75, 3.05) is 19.6 Å². The Labute approximate surface area is 93.2 Å². The van der Waals surface area contributed by atoms with Crippen molar-refractivity contribution in [1.29, 1.82) is 0 Å². The average Bonchev–Trinajstić information content (AvgIpc) is 2.57. The zero-order valence-electron chi connectivity index (χ0n) is 10.5. The van der Waals surface area contributed by atoms with Gasteiger partial charge in [0.25, 0.3) is 0 Å². The average molecular weight is 212 g/mol. The van der Waals surface area contributed by atoms with Gasteiger partial charge >= 0.3 is 0 Å². The molecule has 0 aromatic carbocycles. The van der Waals surface area contributed by atoms with E-state index in [9.17, 15) is 4.79 Å². The molecule has 0 spiro atoms. The van der Waals surface area contributed by atoms with Crippen LogP contribution in [0.1, 0.15) is 40.5 Å². The van der Waals surface area contributed by atoms with Gasteiger partial charge in [0.05, 0.1) is 5.54 Å². The number of hydrogen-bond donors (Lipinski definition) is 1. The second-order valence-electron chi connectivity index (χ2n) is 5.06. The van der Waals surface area contributed by atoms with Crippen molar-refractivity contribution in [1.82, 2.24) is 10.2 Å². The topological polar surface area (TPSA) is 32.3 Å². The van der Waals surface area contributed by atoms with Gasteiger partial charge in [0.1, 0.15) is 0 Å². The molecule has 3 nitrogen and oxygen atoms in total. The monoisotopic (exact) mass is 212 g/mol. The molecule has 0 aliphatic carbocycles. The summed E-state index contributed by atoms with van der Waals surface area (Å²) in [5.41, 5.74) is -0.260. The lowest BCUT2D eigenvalue weighted by atomic mass is 9.97. The normalized spacial score (nSPS) is 27.3. The van der Waals surface area contributed by atoms with Gasteiger partial charge in [0.2, 0.25) is 5.91 Å². The Morgan fingerprint density at radius 2 is 2.20 bits per heavy atom. The summed E-state index contributed by atoms with van der Waals surface area (Å²) in [7, 11) is 0. The molecule has 0 radical (unpaired) electrons. The van der Waals surface area contributed by atoms with Gasteiger partial charge in [-0.2, -0.15) is 0 Å². The van der Waals surface area contributed by atoms with Gasteiger partial charge in [-0.15, -0.1) is 0 Å². The zero-order valence-corrected chi connectivity index (χ0v) is 10.5. The van der Waals surface area contributed by atoms with Crippen LogP contribution in [-0.4, -0.2) is 36.0 Å². The summed E-state index contributed by atoms with van der Waals surface area (Å²) in [6.07, 6.45) is 2.13. The van der Waals surface area contributed by atoms with Gasteiger partial charge < -0.3 is 5.32 Å². The summed E-state index contributed by atoms with van der Waals surface area (Å²) in [5, 5.41) is 3.05. The predicted octanol–water partition coefficient (Wildman–Crippen LogP) is 1.63. The Hall–Kier alpha value is -0.570. The molecule has 1 atom stereocenters. The highest BCUT2D eigenvalue weighted by Gasteiger charge is 2.41. The molecule has 1 fully saturated rings. The summed E-state index contributed by atoms with van der Waals surface area (Å²) in [4.78, 5) is 14.4. The Morgan fingerprint density at radius 1 is 1.53 bits per heavy atom. The van der Waals surface area contributed by atoms with Crippen molar-refractivity contribution >= 4 is 5.91 Å². The number of amides is 1. The highest BCUT2D eigenvalue weighted by Crippen LogP contribution is 2.28. The molecular formula is C12H24N2O. The summed E-state index contributed by atoms with van der Waals surface area (Å²) in [6, 6.07) is 0. The van der Waals surface area contributed by atoms with Crippen molar-refractivity contribution in [3.8, 4) is 0 Å². The maximum absolute atomic E-state index is 12.1. The minimum absolute atomic E-state index is 0.204. The van der Waals surface area contributed by atoms with Crippen molar-refractivity contribution in [2.24, 2.45) is 5.92 Å². The fourth-order valence-corrected chi connectivity index (χ4v) is 2.27. The van der Waals surface area contributed by atoms with E-state index in [1.54, 1.807) is 0 Å². The minimum atomic E-state index is -0.260. The van der Waals surface area contributed by atoms with E-state index in [4.69, 9.17) is 0 Å². The number of carbonyl (C=O) groups excluding carboxylic acids is 1. The minimum Gasteiger partial charge on any atom is -0.354 e. The van der Waals surface area contributed by atoms with E-state index in [1.165, 1.54) is 0 Å². The van der Waals surface area contributed by atoms with E-state index in [2.05, 4.69) is 37.9 Å².